The van der Waals surface area contributed by atoms with Crippen molar-refractivity contribution in [3.63, 3.8) is 0 Å². The van der Waals surface area contributed by atoms with E-state index in [1.165, 1.54) is 12.1 Å². The van der Waals surface area contributed by atoms with Crippen LogP contribution in [0.2, 0.25) is 5.02 Å². The van der Waals surface area contributed by atoms with Gasteiger partial charge in [-0.15, -0.1) is 0 Å². The number of alkyl halides is 3. The number of amides is 1. The molecule has 38 heavy (non-hydrogen) atoms. The van der Waals surface area contributed by atoms with Gasteiger partial charge in [-0.2, -0.15) is 18.3 Å². The Kier molecular flexibility index (Phi) is 8.31. The van der Waals surface area contributed by atoms with Gasteiger partial charge in [0.05, 0.1) is 40.3 Å². The summed E-state index contributed by atoms with van der Waals surface area (Å²) in [4.78, 5) is 39.0. The van der Waals surface area contributed by atoms with E-state index >= 15 is 0 Å². The predicted octanol–water partition coefficient (Wildman–Crippen LogP) is 6.27. The van der Waals surface area contributed by atoms with Crippen LogP contribution in [0.3, 0.4) is 0 Å². The van der Waals surface area contributed by atoms with Crippen molar-refractivity contribution < 1.29 is 37.1 Å². The zero-order valence-corrected chi connectivity index (χ0v) is 22.3. The summed E-state index contributed by atoms with van der Waals surface area (Å²) in [6, 6.07) is 2.88. The number of hydrogen-bond donors (Lipinski definition) is 1. The van der Waals surface area contributed by atoms with Gasteiger partial charge < -0.3 is 10.0 Å². The molecule has 0 bridgehead atoms. The number of ketones is 1. The van der Waals surface area contributed by atoms with E-state index in [9.17, 15) is 37.1 Å². The molecule has 0 saturated heterocycles. The molecule has 1 aliphatic rings. The Morgan fingerprint density at radius 1 is 1.18 bits per heavy atom. The highest BCUT2D eigenvalue weighted by molar-refractivity contribution is 6.34. The fraction of sp³-hybridized carbons (Fsp3) is 0.538. The van der Waals surface area contributed by atoms with E-state index in [1.807, 2.05) is 0 Å². The van der Waals surface area contributed by atoms with Crippen molar-refractivity contribution in [3.8, 4) is 0 Å². The number of carbonyl (C=O) groups is 3. The number of carboxylic acids is 1. The number of aromatic nitrogens is 2. The molecular formula is C26H30ClF4N3O4. The van der Waals surface area contributed by atoms with Crippen molar-refractivity contribution in [2.75, 3.05) is 13.1 Å². The lowest BCUT2D eigenvalue weighted by molar-refractivity contribution is -0.152. The van der Waals surface area contributed by atoms with E-state index in [1.54, 1.807) is 27.7 Å². The first kappa shape index (κ1) is 29.6. The van der Waals surface area contributed by atoms with Gasteiger partial charge in [-0.1, -0.05) is 38.4 Å². The second-order valence-corrected chi connectivity index (χ2v) is 11.6. The second kappa shape index (κ2) is 10.7. The zero-order valence-electron chi connectivity index (χ0n) is 21.5. The molecule has 1 fully saturated rings. The van der Waals surface area contributed by atoms with Gasteiger partial charge in [0, 0.05) is 6.54 Å². The molecule has 1 aromatic carbocycles. The number of benzene rings is 1. The van der Waals surface area contributed by atoms with Crippen LogP contribution >= 0.6 is 11.6 Å². The molecule has 12 heteroatoms. The van der Waals surface area contributed by atoms with E-state index in [4.69, 9.17) is 11.6 Å². The number of aliphatic carboxylic acids is 1. The highest BCUT2D eigenvalue weighted by Gasteiger charge is 2.45. The van der Waals surface area contributed by atoms with Gasteiger partial charge in [0.25, 0.3) is 5.91 Å². The summed E-state index contributed by atoms with van der Waals surface area (Å²) in [5, 5.41) is 13.2. The Morgan fingerprint density at radius 3 is 2.29 bits per heavy atom. The minimum absolute atomic E-state index is 0.105. The molecule has 1 aromatic heterocycles. The van der Waals surface area contributed by atoms with Crippen LogP contribution in [0.25, 0.3) is 0 Å². The molecule has 3 rings (SSSR count). The summed E-state index contributed by atoms with van der Waals surface area (Å²) in [5.74, 6) is -3.85. The molecule has 1 N–H and O–H groups in total. The Labute approximate surface area is 222 Å². The summed E-state index contributed by atoms with van der Waals surface area (Å²) < 4.78 is 58.0. The topological polar surface area (TPSA) is 92.5 Å². The van der Waals surface area contributed by atoms with Gasteiger partial charge in [0.2, 0.25) is 0 Å². The summed E-state index contributed by atoms with van der Waals surface area (Å²) in [7, 11) is 0. The lowest BCUT2D eigenvalue weighted by Gasteiger charge is -2.34. The van der Waals surface area contributed by atoms with Gasteiger partial charge in [-0.3, -0.25) is 19.1 Å². The Morgan fingerprint density at radius 2 is 1.79 bits per heavy atom. The average Bonchev–Trinajstić information content (AvgIpc) is 3.23. The number of nitrogens with zero attached hydrogens (tertiary/aromatic N) is 3. The van der Waals surface area contributed by atoms with E-state index in [0.717, 1.165) is 21.8 Å². The largest absolute Gasteiger partial charge is 0.481 e. The van der Waals surface area contributed by atoms with Crippen LogP contribution in [0.5, 0.6) is 0 Å². The predicted molar refractivity (Wildman–Crippen MR) is 132 cm³/mol. The van der Waals surface area contributed by atoms with Crippen LogP contribution in [-0.2, 0) is 11.0 Å². The third-order valence-electron chi connectivity index (χ3n) is 6.74. The van der Waals surface area contributed by atoms with Crippen LogP contribution < -0.4 is 0 Å². The van der Waals surface area contributed by atoms with Crippen LogP contribution in [0.15, 0.2) is 24.4 Å². The molecule has 0 atom stereocenters. The van der Waals surface area contributed by atoms with Gasteiger partial charge in [-0.25, -0.2) is 4.39 Å². The third kappa shape index (κ3) is 6.36. The number of carboxylic acid groups (broad SMARTS) is 1. The maximum absolute atomic E-state index is 14.3. The van der Waals surface area contributed by atoms with Gasteiger partial charge in [-0.05, 0) is 50.2 Å². The van der Waals surface area contributed by atoms with E-state index < -0.39 is 69.9 Å². The van der Waals surface area contributed by atoms with Crippen LogP contribution in [-0.4, -0.2) is 50.5 Å². The average molecular weight is 560 g/mol. The van der Waals surface area contributed by atoms with Gasteiger partial charge in [0.1, 0.15) is 5.82 Å². The molecule has 1 heterocycles. The van der Waals surface area contributed by atoms with Crippen molar-refractivity contribution in [3.05, 3.63) is 52.1 Å². The molecule has 0 spiro atoms. The van der Waals surface area contributed by atoms with Crippen LogP contribution in [0.4, 0.5) is 17.6 Å². The molecule has 0 radical (unpaired) electrons. The normalized spacial score (nSPS) is 20.3. The SMILES string of the molecule is CC(C)(C)CN(CC(=O)c1c(F)cccc1Cl)C(=O)c1cnn(C2CCC(C)(C(=O)O)CC2)c1C(F)(F)F. The number of carbonyl (C=O) groups excluding carboxylic acids is 2. The first-order valence-corrected chi connectivity index (χ1v) is 12.5. The van der Waals surface area contributed by atoms with Crippen LogP contribution in [0.1, 0.15) is 85.8 Å². The van der Waals surface area contributed by atoms with Gasteiger partial charge >= 0.3 is 12.1 Å². The molecule has 1 amide bonds. The maximum atomic E-state index is 14.3. The van der Waals surface area contributed by atoms with E-state index in [0.29, 0.717) is 0 Å². The minimum atomic E-state index is -4.96. The summed E-state index contributed by atoms with van der Waals surface area (Å²) in [5.41, 5.74) is -4.11. The van der Waals surface area contributed by atoms with Crippen molar-refractivity contribution >= 4 is 29.3 Å². The first-order valence-electron chi connectivity index (χ1n) is 12.1. The standard InChI is InChI=1S/C26H30ClF4N3O4/c1-24(2,3)14-33(13-19(35)20-17(27)6-5-7-18(20)28)22(36)16-12-32-34(21(16)26(29,30)31)15-8-10-25(4,11-9-15)23(37)38/h5-7,12,15H,8-11,13-14H2,1-4H3,(H,37,38). The molecule has 0 unspecified atom stereocenters. The summed E-state index contributed by atoms with van der Waals surface area (Å²) in [6.07, 6.45) is -3.55. The van der Waals surface area contributed by atoms with Crippen molar-refractivity contribution in [2.24, 2.45) is 10.8 Å². The lowest BCUT2D eigenvalue weighted by atomic mass is 9.74. The minimum Gasteiger partial charge on any atom is -0.481 e. The Bertz CT molecular complexity index is 1210. The lowest BCUT2D eigenvalue weighted by Crippen LogP contribution is -2.42. The Balaban J connectivity index is 1.98. The van der Waals surface area contributed by atoms with Crippen LogP contribution in [0, 0.1) is 16.6 Å². The molecule has 2 aromatic rings. The third-order valence-corrected chi connectivity index (χ3v) is 7.06. The van der Waals surface area contributed by atoms with Gasteiger partial charge in [0.15, 0.2) is 11.5 Å². The Hall–Kier alpha value is -2.95. The smallest absolute Gasteiger partial charge is 0.433 e. The number of halogens is 5. The summed E-state index contributed by atoms with van der Waals surface area (Å²) in [6.45, 7) is 5.97. The van der Waals surface area contributed by atoms with Crippen molar-refractivity contribution in [1.29, 1.82) is 0 Å². The highest BCUT2D eigenvalue weighted by atomic mass is 35.5. The van der Waals surface area contributed by atoms with E-state index in [2.05, 4.69) is 5.10 Å². The van der Waals surface area contributed by atoms with Crippen molar-refractivity contribution in [1.82, 2.24) is 14.7 Å². The first-order chi connectivity index (χ1) is 17.4. The highest BCUT2D eigenvalue weighted by Crippen LogP contribution is 2.43. The molecule has 7 nitrogen and oxygen atoms in total. The van der Waals surface area contributed by atoms with Crippen molar-refractivity contribution in [2.45, 2.75) is 65.6 Å². The summed E-state index contributed by atoms with van der Waals surface area (Å²) >= 11 is 5.99. The quantitative estimate of drug-likeness (QED) is 0.319. The number of rotatable bonds is 7. The molecule has 1 saturated carbocycles. The second-order valence-electron chi connectivity index (χ2n) is 11.2. The zero-order chi connectivity index (χ0) is 28.6. The number of hydrogen-bond acceptors (Lipinski definition) is 4. The molecule has 0 aliphatic heterocycles. The fourth-order valence-electron chi connectivity index (χ4n) is 4.74. The number of Topliss-reactive ketones (excluding diaryl/α,β-unsaturated/α-hetero) is 1. The fourth-order valence-corrected chi connectivity index (χ4v) is 5.00. The molecule has 1 aliphatic carbocycles. The molecular weight excluding hydrogens is 530 g/mol. The van der Waals surface area contributed by atoms with E-state index in [-0.39, 0.29) is 37.3 Å². The monoisotopic (exact) mass is 559 g/mol. The maximum Gasteiger partial charge on any atom is 0.433 e. The molecule has 208 valence electrons.